The maximum atomic E-state index is 10.9. The second-order valence-corrected chi connectivity index (χ2v) is 4.90. The number of anilines is 1. The average Bonchev–Trinajstić information content (AvgIpc) is 2.92. The van der Waals surface area contributed by atoms with Crippen LogP contribution in [0.5, 0.6) is 0 Å². The lowest BCUT2D eigenvalue weighted by molar-refractivity contribution is -0.385. The lowest BCUT2D eigenvalue weighted by atomic mass is 10.2. The maximum absolute atomic E-state index is 10.9. The van der Waals surface area contributed by atoms with Crippen LogP contribution < -0.4 is 5.32 Å². The Morgan fingerprint density at radius 1 is 1.20 bits per heavy atom. The smallest absolute Gasteiger partial charge is 0.274 e. The van der Waals surface area contributed by atoms with Gasteiger partial charge in [0, 0.05) is 23.9 Å². The molecule has 0 aliphatic heterocycles. The third-order valence-electron chi connectivity index (χ3n) is 3.58. The van der Waals surface area contributed by atoms with Crippen LogP contribution >= 0.6 is 0 Å². The molecule has 0 amide bonds. The number of para-hydroxylation sites is 1. The van der Waals surface area contributed by atoms with Crippen molar-refractivity contribution >= 4 is 11.5 Å². The zero-order valence-corrected chi connectivity index (χ0v) is 11.0. The molecular weight excluding hydrogens is 254 g/mol. The quantitative estimate of drug-likeness (QED) is 0.684. The van der Waals surface area contributed by atoms with Crippen LogP contribution in [0.1, 0.15) is 23.2 Å². The summed E-state index contributed by atoms with van der Waals surface area (Å²) in [6, 6.07) is 10.8. The Morgan fingerprint density at radius 3 is 2.90 bits per heavy atom. The summed E-state index contributed by atoms with van der Waals surface area (Å²) >= 11 is 0. The number of nitrogens with one attached hydrogen (secondary N) is 1. The van der Waals surface area contributed by atoms with E-state index in [1.54, 1.807) is 18.2 Å². The SMILES string of the molecule is O=[N+]([O-])c1ccccc1CNc1ccc2c(n1)CCC2. The van der Waals surface area contributed by atoms with Crippen molar-refractivity contribution in [2.45, 2.75) is 25.8 Å². The van der Waals surface area contributed by atoms with Gasteiger partial charge in [-0.3, -0.25) is 10.1 Å². The van der Waals surface area contributed by atoms with E-state index in [4.69, 9.17) is 0 Å². The number of hydrogen-bond donors (Lipinski definition) is 1. The number of aryl methyl sites for hydroxylation is 2. The van der Waals surface area contributed by atoms with Crippen molar-refractivity contribution in [1.82, 2.24) is 4.98 Å². The van der Waals surface area contributed by atoms with E-state index in [0.29, 0.717) is 12.1 Å². The van der Waals surface area contributed by atoms with Gasteiger partial charge in [0.1, 0.15) is 5.82 Å². The van der Waals surface area contributed by atoms with Crippen LogP contribution in [-0.2, 0) is 19.4 Å². The Morgan fingerprint density at radius 2 is 2.05 bits per heavy atom. The van der Waals surface area contributed by atoms with Crippen molar-refractivity contribution in [2.75, 3.05) is 5.32 Å². The third kappa shape index (κ3) is 2.47. The monoisotopic (exact) mass is 269 g/mol. The van der Waals surface area contributed by atoms with E-state index in [1.165, 1.54) is 11.6 Å². The zero-order chi connectivity index (χ0) is 13.9. The van der Waals surface area contributed by atoms with Crippen molar-refractivity contribution in [1.29, 1.82) is 0 Å². The first-order chi connectivity index (χ1) is 9.74. The highest BCUT2D eigenvalue weighted by atomic mass is 16.6. The summed E-state index contributed by atoms with van der Waals surface area (Å²) in [6.45, 7) is 0.406. The summed E-state index contributed by atoms with van der Waals surface area (Å²) in [5.41, 5.74) is 3.28. The number of pyridine rings is 1. The van der Waals surface area contributed by atoms with Crippen molar-refractivity contribution < 1.29 is 4.92 Å². The summed E-state index contributed by atoms with van der Waals surface area (Å²) in [5.74, 6) is 0.781. The predicted octanol–water partition coefficient (Wildman–Crippen LogP) is 3.09. The van der Waals surface area contributed by atoms with Gasteiger partial charge in [0.25, 0.3) is 5.69 Å². The number of nitro groups is 1. The molecular formula is C15H15N3O2. The molecule has 1 heterocycles. The Hall–Kier alpha value is -2.43. The Bertz CT molecular complexity index is 655. The van der Waals surface area contributed by atoms with E-state index < -0.39 is 0 Å². The number of fused-ring (bicyclic) bond motifs is 1. The summed E-state index contributed by atoms with van der Waals surface area (Å²) in [7, 11) is 0. The van der Waals surface area contributed by atoms with Crippen LogP contribution in [-0.4, -0.2) is 9.91 Å². The van der Waals surface area contributed by atoms with Crippen molar-refractivity contribution in [3.05, 3.63) is 63.3 Å². The molecule has 1 N–H and O–H groups in total. The minimum absolute atomic E-state index is 0.140. The molecule has 0 radical (unpaired) electrons. The van der Waals surface area contributed by atoms with E-state index in [0.717, 1.165) is 30.8 Å². The second-order valence-electron chi connectivity index (χ2n) is 4.90. The van der Waals surface area contributed by atoms with Gasteiger partial charge in [-0.1, -0.05) is 24.3 Å². The van der Waals surface area contributed by atoms with Crippen LogP contribution in [0, 0.1) is 10.1 Å². The van der Waals surface area contributed by atoms with Crippen molar-refractivity contribution in [2.24, 2.45) is 0 Å². The van der Waals surface area contributed by atoms with Crippen LogP contribution in [0.25, 0.3) is 0 Å². The molecule has 1 aromatic heterocycles. The maximum Gasteiger partial charge on any atom is 0.274 e. The molecule has 0 atom stereocenters. The molecule has 2 aromatic rings. The third-order valence-corrected chi connectivity index (χ3v) is 3.58. The van der Waals surface area contributed by atoms with E-state index in [2.05, 4.69) is 16.4 Å². The van der Waals surface area contributed by atoms with Crippen LogP contribution in [0.2, 0.25) is 0 Å². The Labute approximate surface area is 116 Å². The van der Waals surface area contributed by atoms with Crippen LogP contribution in [0.15, 0.2) is 36.4 Å². The largest absolute Gasteiger partial charge is 0.366 e. The second kappa shape index (κ2) is 5.28. The summed E-state index contributed by atoms with van der Waals surface area (Å²) in [4.78, 5) is 15.2. The lowest BCUT2D eigenvalue weighted by Crippen LogP contribution is -2.05. The highest BCUT2D eigenvalue weighted by molar-refractivity contribution is 5.45. The average molecular weight is 269 g/mol. The molecule has 0 unspecified atom stereocenters. The molecule has 0 bridgehead atoms. The minimum Gasteiger partial charge on any atom is -0.366 e. The molecule has 0 saturated carbocycles. The van der Waals surface area contributed by atoms with Crippen LogP contribution in [0.4, 0.5) is 11.5 Å². The fraction of sp³-hybridized carbons (Fsp3) is 0.267. The molecule has 5 heteroatoms. The molecule has 1 aliphatic rings. The summed E-state index contributed by atoms with van der Waals surface area (Å²) in [5, 5.41) is 14.1. The molecule has 0 saturated heterocycles. The van der Waals surface area contributed by atoms with Gasteiger partial charge in [0.2, 0.25) is 0 Å². The van der Waals surface area contributed by atoms with Gasteiger partial charge in [0.05, 0.1) is 4.92 Å². The number of benzene rings is 1. The molecule has 3 rings (SSSR count). The standard InChI is InChI=1S/C15H15N3O2/c19-18(20)14-7-2-1-4-12(14)10-16-15-9-8-11-5-3-6-13(11)17-15/h1-2,4,7-9H,3,5-6,10H2,(H,16,17). The predicted molar refractivity (Wildman–Crippen MR) is 76.7 cm³/mol. The van der Waals surface area contributed by atoms with Gasteiger partial charge in [0.15, 0.2) is 0 Å². The molecule has 102 valence electrons. The highest BCUT2D eigenvalue weighted by Gasteiger charge is 2.14. The molecule has 1 aromatic carbocycles. The minimum atomic E-state index is -0.354. The van der Waals surface area contributed by atoms with Gasteiger partial charge < -0.3 is 5.32 Å². The number of hydrogen-bond acceptors (Lipinski definition) is 4. The molecule has 20 heavy (non-hydrogen) atoms. The summed E-state index contributed by atoms with van der Waals surface area (Å²) < 4.78 is 0. The number of nitrogens with zero attached hydrogens (tertiary/aromatic N) is 2. The molecule has 0 fully saturated rings. The lowest BCUT2D eigenvalue weighted by Gasteiger charge is -2.08. The topological polar surface area (TPSA) is 68.1 Å². The van der Waals surface area contributed by atoms with Gasteiger partial charge in [-0.2, -0.15) is 0 Å². The molecule has 0 spiro atoms. The number of rotatable bonds is 4. The fourth-order valence-electron chi connectivity index (χ4n) is 2.54. The first-order valence-corrected chi connectivity index (χ1v) is 6.69. The Kier molecular flexibility index (Phi) is 3.33. The fourth-order valence-corrected chi connectivity index (χ4v) is 2.54. The van der Waals surface area contributed by atoms with E-state index >= 15 is 0 Å². The van der Waals surface area contributed by atoms with Gasteiger partial charge >= 0.3 is 0 Å². The van der Waals surface area contributed by atoms with E-state index in [9.17, 15) is 10.1 Å². The molecule has 1 aliphatic carbocycles. The van der Waals surface area contributed by atoms with E-state index in [-0.39, 0.29) is 10.6 Å². The normalized spacial score (nSPS) is 13.0. The summed E-state index contributed by atoms with van der Waals surface area (Å²) in [6.07, 6.45) is 3.29. The van der Waals surface area contributed by atoms with Gasteiger partial charge in [-0.05, 0) is 30.9 Å². The van der Waals surface area contributed by atoms with E-state index in [1.807, 2.05) is 6.07 Å². The Balaban J connectivity index is 1.75. The number of nitro benzene ring substituents is 1. The highest BCUT2D eigenvalue weighted by Crippen LogP contribution is 2.23. The van der Waals surface area contributed by atoms with Gasteiger partial charge in [-0.15, -0.1) is 0 Å². The van der Waals surface area contributed by atoms with Crippen LogP contribution in [0.3, 0.4) is 0 Å². The zero-order valence-electron chi connectivity index (χ0n) is 11.0. The molecule has 5 nitrogen and oxygen atoms in total. The number of aromatic nitrogens is 1. The first kappa shape index (κ1) is 12.6. The van der Waals surface area contributed by atoms with Crippen molar-refractivity contribution in [3.8, 4) is 0 Å². The van der Waals surface area contributed by atoms with Gasteiger partial charge in [-0.25, -0.2) is 4.98 Å². The van der Waals surface area contributed by atoms with Crippen molar-refractivity contribution in [3.63, 3.8) is 0 Å². The first-order valence-electron chi connectivity index (χ1n) is 6.69.